The summed E-state index contributed by atoms with van der Waals surface area (Å²) < 4.78 is 0. The Kier molecular flexibility index (Phi) is 55.6. The molecule has 0 heteroatoms. The van der Waals surface area contributed by atoms with E-state index in [0.29, 0.717) is 35.5 Å². The lowest BCUT2D eigenvalue weighted by Crippen LogP contribution is -2.14. The van der Waals surface area contributed by atoms with Crippen LogP contribution in [0.5, 0.6) is 0 Å². The van der Waals surface area contributed by atoms with Gasteiger partial charge >= 0.3 is 0 Å². The Morgan fingerprint density at radius 1 is 0.149 bits per heavy atom. The summed E-state index contributed by atoms with van der Waals surface area (Å²) in [5, 5.41) is 0. The highest BCUT2D eigenvalue weighted by atomic mass is 14.3. The number of rotatable bonds is 42. The Bertz CT molecular complexity index is 2740. The van der Waals surface area contributed by atoms with Gasteiger partial charge in [-0.05, 0) is 324 Å². The minimum absolute atomic E-state index is 0.713. The van der Waals surface area contributed by atoms with Gasteiger partial charge in [-0.25, -0.2) is 0 Å². The van der Waals surface area contributed by atoms with Crippen LogP contribution in [0.15, 0.2) is 146 Å². The van der Waals surface area contributed by atoms with Crippen molar-refractivity contribution in [3.63, 3.8) is 0 Å². The summed E-state index contributed by atoms with van der Waals surface area (Å²) in [6.45, 7) is 84.7. The Balaban J connectivity index is 0.000000684. The van der Waals surface area contributed by atoms with Crippen LogP contribution in [0, 0.1) is 107 Å². The maximum Gasteiger partial charge on any atom is -0.0134 e. The van der Waals surface area contributed by atoms with Gasteiger partial charge in [0, 0.05) is 0 Å². The molecular weight excluding hydrogens is 1370 g/mol. The van der Waals surface area contributed by atoms with Crippen molar-refractivity contribution in [3.05, 3.63) is 212 Å². The summed E-state index contributed by atoms with van der Waals surface area (Å²) in [6, 6.07) is 54.2. The molecule has 0 N–H and O–H groups in total. The molecule has 0 nitrogen and oxygen atoms in total. The van der Waals surface area contributed by atoms with Crippen molar-refractivity contribution < 1.29 is 0 Å². The largest absolute Gasteiger partial charge is 0.0628 e. The van der Waals surface area contributed by atoms with Gasteiger partial charge in [-0.2, -0.15) is 0 Å². The summed E-state index contributed by atoms with van der Waals surface area (Å²) in [7, 11) is 0. The highest BCUT2D eigenvalue weighted by Gasteiger charge is 2.28. The predicted molar refractivity (Wildman–Crippen MR) is 520 cm³/mol. The van der Waals surface area contributed by atoms with E-state index in [0.717, 1.165) is 145 Å². The zero-order valence-corrected chi connectivity index (χ0v) is 82.4. The summed E-state index contributed by atoms with van der Waals surface area (Å²) in [6.07, 6.45) is 22.9. The Hall–Kier alpha value is -4.68. The van der Waals surface area contributed by atoms with E-state index in [2.05, 4.69) is 395 Å². The maximum atomic E-state index is 2.42. The van der Waals surface area contributed by atoms with E-state index < -0.39 is 0 Å². The standard InChI is InChI=1S/6C19H32/c6*1-7-17-10-8-9-11-18(17)19(15(4)5)13-16(6)12-14(2)3/h6*8-11,14-16,19H,7,12-13H2,1-6H3/t4*16-,19?;;/m1000../s1. The monoisotopic (exact) mass is 1560 g/mol. The molecule has 8 unspecified atom stereocenters. The molecule has 0 saturated heterocycles. The van der Waals surface area contributed by atoms with Crippen molar-refractivity contribution in [3.8, 4) is 0 Å². The molecule has 648 valence electrons. The molecular formula is C114H192. The molecule has 0 spiro atoms. The molecule has 6 rings (SSSR count). The fourth-order valence-corrected chi connectivity index (χ4v) is 19.9. The van der Waals surface area contributed by atoms with Crippen LogP contribution >= 0.6 is 0 Å². The van der Waals surface area contributed by atoms with Gasteiger partial charge in [-0.1, -0.05) is 395 Å². The van der Waals surface area contributed by atoms with Crippen molar-refractivity contribution in [2.75, 3.05) is 0 Å². The molecule has 0 radical (unpaired) electrons. The lowest BCUT2D eigenvalue weighted by atomic mass is 9.78. The molecule has 6 aromatic rings. The van der Waals surface area contributed by atoms with E-state index in [1.54, 1.807) is 33.4 Å². The zero-order valence-electron chi connectivity index (χ0n) is 82.4. The van der Waals surface area contributed by atoms with Crippen LogP contribution in [-0.4, -0.2) is 0 Å². The highest BCUT2D eigenvalue weighted by Crippen LogP contribution is 2.42. The molecule has 0 aliphatic heterocycles. The number of hydrogen-bond donors (Lipinski definition) is 0. The van der Waals surface area contributed by atoms with Crippen LogP contribution in [-0.2, 0) is 38.5 Å². The average molecular weight is 1560 g/mol. The third-order valence-electron chi connectivity index (χ3n) is 25.0. The molecule has 0 heterocycles. The van der Waals surface area contributed by atoms with Crippen LogP contribution in [0.4, 0.5) is 0 Å². The first-order valence-corrected chi connectivity index (χ1v) is 48.2. The van der Waals surface area contributed by atoms with Crippen molar-refractivity contribution in [1.82, 2.24) is 0 Å². The van der Waals surface area contributed by atoms with E-state index in [4.69, 9.17) is 0 Å². The molecule has 0 aromatic heterocycles. The first-order valence-electron chi connectivity index (χ1n) is 48.2. The van der Waals surface area contributed by atoms with Gasteiger partial charge in [0.15, 0.2) is 0 Å². The van der Waals surface area contributed by atoms with Crippen LogP contribution in [0.3, 0.4) is 0 Å². The first-order chi connectivity index (χ1) is 53.7. The molecule has 0 aliphatic carbocycles. The molecule has 0 bridgehead atoms. The van der Waals surface area contributed by atoms with Crippen molar-refractivity contribution in [1.29, 1.82) is 0 Å². The third-order valence-corrected chi connectivity index (χ3v) is 25.0. The van der Waals surface area contributed by atoms with Crippen molar-refractivity contribution in [2.24, 2.45) is 107 Å². The Labute approximate surface area is 714 Å². The number of benzene rings is 6. The van der Waals surface area contributed by atoms with Gasteiger partial charge in [0.25, 0.3) is 0 Å². The quantitative estimate of drug-likeness (QED) is 0.0358. The second-order valence-electron chi connectivity index (χ2n) is 41.2. The molecule has 0 aliphatic rings. The molecule has 114 heavy (non-hydrogen) atoms. The lowest BCUT2D eigenvalue weighted by molar-refractivity contribution is 0.343. The Morgan fingerprint density at radius 3 is 0.342 bits per heavy atom. The summed E-state index contributed by atoms with van der Waals surface area (Å²) in [5.74, 6) is 18.4. The van der Waals surface area contributed by atoms with E-state index in [9.17, 15) is 0 Å². The van der Waals surface area contributed by atoms with Gasteiger partial charge in [-0.15, -0.1) is 0 Å². The van der Waals surface area contributed by atoms with E-state index in [1.165, 1.54) is 110 Å². The smallest absolute Gasteiger partial charge is 0.0134 e. The van der Waals surface area contributed by atoms with Gasteiger partial charge in [0.2, 0.25) is 0 Å². The Morgan fingerprint density at radius 2 is 0.254 bits per heavy atom. The van der Waals surface area contributed by atoms with Gasteiger partial charge in [0.1, 0.15) is 0 Å². The van der Waals surface area contributed by atoms with E-state index in [-0.39, 0.29) is 0 Å². The minimum Gasteiger partial charge on any atom is -0.0628 e. The second-order valence-corrected chi connectivity index (χ2v) is 41.2. The van der Waals surface area contributed by atoms with Crippen LogP contribution in [0.1, 0.15) is 429 Å². The lowest BCUT2D eigenvalue weighted by Gasteiger charge is -2.27. The molecule has 0 fully saturated rings. The van der Waals surface area contributed by atoms with E-state index >= 15 is 0 Å². The second kappa shape index (κ2) is 59.1. The fraction of sp³-hybridized carbons (Fsp3) is 0.684. The average Bonchev–Trinajstić information content (AvgIpc) is 0.876. The van der Waals surface area contributed by atoms with Gasteiger partial charge in [0.05, 0.1) is 0 Å². The van der Waals surface area contributed by atoms with Crippen LogP contribution in [0.2, 0.25) is 0 Å². The third kappa shape index (κ3) is 42.3. The fourth-order valence-electron chi connectivity index (χ4n) is 19.9. The number of hydrogen-bond acceptors (Lipinski definition) is 0. The van der Waals surface area contributed by atoms with Crippen molar-refractivity contribution in [2.45, 2.75) is 400 Å². The summed E-state index contributed by atoms with van der Waals surface area (Å²) >= 11 is 0. The van der Waals surface area contributed by atoms with Gasteiger partial charge in [-0.3, -0.25) is 0 Å². The van der Waals surface area contributed by atoms with Gasteiger partial charge < -0.3 is 0 Å². The normalized spacial score (nSPS) is 14.9. The molecule has 0 saturated carbocycles. The maximum absolute atomic E-state index is 2.42. The SMILES string of the molecule is CCc1ccccc1C(CC(C)CC(C)C)C(C)C.CCc1ccccc1C(CC(C)CC(C)C)C(C)C.CCc1ccccc1C(C[C@@H](C)CC(C)C)C(C)C.CCc1ccccc1C(C[C@@H](C)CC(C)C)C(C)C.CCc1ccccc1C(C[C@@H](C)CC(C)C)C(C)C.CCc1ccccc1C(C[C@H](C)CC(C)C)C(C)C. The van der Waals surface area contributed by atoms with Crippen molar-refractivity contribution >= 4 is 0 Å². The first kappa shape index (κ1) is 107. The van der Waals surface area contributed by atoms with E-state index in [1.807, 2.05) is 0 Å². The topological polar surface area (TPSA) is 0 Å². The molecule has 12 atom stereocenters. The number of aryl methyl sites for hydroxylation is 6. The highest BCUT2D eigenvalue weighted by molar-refractivity contribution is 5.36. The zero-order chi connectivity index (χ0) is 86.5. The summed E-state index contributed by atoms with van der Waals surface area (Å²) in [4.78, 5) is 0. The predicted octanol–water partition coefficient (Wildman–Crippen LogP) is 36.4. The van der Waals surface area contributed by atoms with Crippen LogP contribution < -0.4 is 0 Å². The molecule has 6 aromatic carbocycles. The van der Waals surface area contributed by atoms with Crippen LogP contribution in [0.25, 0.3) is 0 Å². The minimum atomic E-state index is 0.713. The molecule has 0 amide bonds. The summed E-state index contributed by atoms with van der Waals surface area (Å²) in [5.41, 5.74) is 18.8.